The highest BCUT2D eigenvalue weighted by Gasteiger charge is 2.13. The van der Waals surface area contributed by atoms with Gasteiger partial charge in [0.15, 0.2) is 0 Å². The van der Waals surface area contributed by atoms with E-state index >= 15 is 0 Å². The minimum Gasteiger partial charge on any atom is -0.438 e. The van der Waals surface area contributed by atoms with Crippen LogP contribution in [0.3, 0.4) is 0 Å². The molecule has 0 atom stereocenters. The first-order valence-corrected chi connectivity index (χ1v) is 9.11. The zero-order valence-electron chi connectivity index (χ0n) is 15.8. The molecule has 1 amide bonds. The second kappa shape index (κ2) is 7.53. The van der Waals surface area contributed by atoms with E-state index in [4.69, 9.17) is 4.42 Å². The van der Waals surface area contributed by atoms with E-state index < -0.39 is 0 Å². The van der Waals surface area contributed by atoms with Crippen LogP contribution in [0.4, 0.5) is 11.4 Å². The summed E-state index contributed by atoms with van der Waals surface area (Å²) in [5.41, 5.74) is 5.15. The number of benzene rings is 3. The fraction of sp³-hybridized carbons (Fsp3) is 0.0833. The Labute approximate surface area is 163 Å². The molecule has 4 nitrogen and oxygen atoms in total. The van der Waals surface area contributed by atoms with Crippen molar-refractivity contribution >= 4 is 28.3 Å². The van der Waals surface area contributed by atoms with Crippen molar-refractivity contribution in [3.8, 4) is 0 Å². The summed E-state index contributed by atoms with van der Waals surface area (Å²) in [6, 6.07) is 24.7. The van der Waals surface area contributed by atoms with Crippen molar-refractivity contribution in [1.29, 1.82) is 0 Å². The fourth-order valence-electron chi connectivity index (χ4n) is 2.95. The lowest BCUT2D eigenvalue weighted by Gasteiger charge is -2.07. The molecule has 1 heterocycles. The van der Waals surface area contributed by atoms with Gasteiger partial charge in [-0.15, -0.1) is 0 Å². The number of hydrogen-bond donors (Lipinski definition) is 1. The van der Waals surface area contributed by atoms with Crippen LogP contribution in [0.15, 0.2) is 88.3 Å². The molecular weight excluding hydrogens is 348 g/mol. The number of hydrogen-bond acceptors (Lipinski definition) is 3. The maximum Gasteiger partial charge on any atom is 0.261 e. The molecule has 0 saturated heterocycles. The summed E-state index contributed by atoms with van der Waals surface area (Å²) in [6.45, 7) is 4.09. The monoisotopic (exact) mass is 368 g/mol. The minimum absolute atomic E-state index is 0.261. The molecule has 0 radical (unpaired) electrons. The Morgan fingerprint density at radius 2 is 1.61 bits per heavy atom. The summed E-state index contributed by atoms with van der Waals surface area (Å²) in [5.74, 6) is -0.261. The van der Waals surface area contributed by atoms with Crippen molar-refractivity contribution in [2.24, 2.45) is 4.99 Å². The second-order valence-corrected chi connectivity index (χ2v) is 6.70. The topological polar surface area (TPSA) is 54.6 Å². The third kappa shape index (κ3) is 3.71. The standard InChI is InChI=1S/C24H20N2O2/c1-16-12-13-20(14-17(16)2)26-24-21(15-18-8-6-7-11-22(18)28-24)23(27)25-19-9-4-3-5-10-19/h3-15H,1-2H3,(H,25,27). The zero-order valence-corrected chi connectivity index (χ0v) is 15.8. The van der Waals surface area contributed by atoms with Gasteiger partial charge in [-0.3, -0.25) is 4.79 Å². The van der Waals surface area contributed by atoms with E-state index in [2.05, 4.69) is 17.2 Å². The number of nitrogens with one attached hydrogen (secondary N) is 1. The van der Waals surface area contributed by atoms with Gasteiger partial charge in [0.1, 0.15) is 11.1 Å². The van der Waals surface area contributed by atoms with Crippen molar-refractivity contribution < 1.29 is 9.21 Å². The molecule has 3 aromatic carbocycles. The van der Waals surface area contributed by atoms with Crippen molar-refractivity contribution in [2.75, 3.05) is 5.32 Å². The van der Waals surface area contributed by atoms with Crippen LogP contribution in [0.25, 0.3) is 11.0 Å². The van der Waals surface area contributed by atoms with Crippen molar-refractivity contribution in [1.82, 2.24) is 0 Å². The van der Waals surface area contributed by atoms with Crippen LogP contribution < -0.4 is 10.9 Å². The number of aryl methyl sites for hydroxylation is 2. The van der Waals surface area contributed by atoms with Gasteiger partial charge in [0.2, 0.25) is 5.55 Å². The maximum atomic E-state index is 13.0. The van der Waals surface area contributed by atoms with E-state index in [1.807, 2.05) is 85.8 Å². The largest absolute Gasteiger partial charge is 0.438 e. The number of rotatable bonds is 3. The number of para-hydroxylation sites is 2. The molecule has 4 heteroatoms. The first-order chi connectivity index (χ1) is 13.6. The molecular formula is C24H20N2O2. The average molecular weight is 368 g/mol. The van der Waals surface area contributed by atoms with Crippen LogP contribution in [0.2, 0.25) is 0 Å². The van der Waals surface area contributed by atoms with Crippen LogP contribution in [0.5, 0.6) is 0 Å². The SMILES string of the molecule is Cc1ccc(N=c2oc3ccccc3cc2C(=O)Nc2ccccc2)cc1C. The summed E-state index contributed by atoms with van der Waals surface area (Å²) in [6.07, 6.45) is 0. The highest BCUT2D eigenvalue weighted by atomic mass is 16.3. The normalized spacial score (nSPS) is 11.6. The summed E-state index contributed by atoms with van der Waals surface area (Å²) >= 11 is 0. The lowest BCUT2D eigenvalue weighted by molar-refractivity contribution is 0.102. The van der Waals surface area contributed by atoms with Crippen molar-refractivity contribution in [2.45, 2.75) is 13.8 Å². The van der Waals surface area contributed by atoms with Crippen LogP contribution in [0, 0.1) is 13.8 Å². The average Bonchev–Trinajstić information content (AvgIpc) is 2.71. The van der Waals surface area contributed by atoms with Gasteiger partial charge in [0.05, 0.1) is 5.69 Å². The molecule has 0 bridgehead atoms. The Bertz CT molecular complexity index is 1220. The van der Waals surface area contributed by atoms with E-state index in [9.17, 15) is 4.79 Å². The molecule has 4 aromatic rings. The first-order valence-electron chi connectivity index (χ1n) is 9.11. The van der Waals surface area contributed by atoms with Crippen LogP contribution in [-0.2, 0) is 0 Å². The number of fused-ring (bicyclic) bond motifs is 1. The molecule has 0 fully saturated rings. The van der Waals surface area contributed by atoms with Gasteiger partial charge in [-0.1, -0.05) is 42.5 Å². The third-order valence-corrected chi connectivity index (χ3v) is 4.65. The molecule has 0 aliphatic heterocycles. The van der Waals surface area contributed by atoms with Gasteiger partial charge in [-0.25, -0.2) is 4.99 Å². The lowest BCUT2D eigenvalue weighted by Crippen LogP contribution is -2.21. The maximum absolute atomic E-state index is 13.0. The Morgan fingerprint density at radius 1 is 0.857 bits per heavy atom. The molecule has 138 valence electrons. The summed E-state index contributed by atoms with van der Waals surface area (Å²) in [4.78, 5) is 17.6. The molecule has 0 unspecified atom stereocenters. The number of carbonyl (C=O) groups is 1. The lowest BCUT2D eigenvalue weighted by atomic mass is 10.1. The molecule has 1 N–H and O–H groups in total. The Kier molecular flexibility index (Phi) is 4.77. The zero-order chi connectivity index (χ0) is 19.5. The number of amides is 1. The minimum atomic E-state index is -0.261. The number of nitrogens with zero attached hydrogens (tertiary/aromatic N) is 1. The molecule has 1 aromatic heterocycles. The molecule has 28 heavy (non-hydrogen) atoms. The van der Waals surface area contributed by atoms with Crippen LogP contribution in [0.1, 0.15) is 21.5 Å². The molecule has 0 saturated carbocycles. The van der Waals surface area contributed by atoms with Crippen molar-refractivity contribution in [3.63, 3.8) is 0 Å². The summed E-state index contributed by atoms with van der Waals surface area (Å²) in [7, 11) is 0. The van der Waals surface area contributed by atoms with Crippen LogP contribution >= 0.6 is 0 Å². The smallest absolute Gasteiger partial charge is 0.261 e. The number of carbonyl (C=O) groups excluding carboxylic acids is 1. The Balaban J connectivity index is 1.85. The quantitative estimate of drug-likeness (QED) is 0.516. The summed E-state index contributed by atoms with van der Waals surface area (Å²) in [5, 5.41) is 3.76. The highest BCUT2D eigenvalue weighted by Crippen LogP contribution is 2.18. The molecule has 0 aliphatic carbocycles. The fourth-order valence-corrected chi connectivity index (χ4v) is 2.95. The van der Waals surface area contributed by atoms with Gasteiger partial charge in [-0.2, -0.15) is 0 Å². The second-order valence-electron chi connectivity index (χ2n) is 6.70. The van der Waals surface area contributed by atoms with Crippen molar-refractivity contribution in [3.05, 3.63) is 101 Å². The van der Waals surface area contributed by atoms with Gasteiger partial charge in [0.25, 0.3) is 5.91 Å². The Hall–Kier alpha value is -3.66. The molecule has 4 rings (SSSR count). The predicted molar refractivity (Wildman–Crippen MR) is 112 cm³/mol. The van der Waals surface area contributed by atoms with E-state index in [-0.39, 0.29) is 11.5 Å². The number of anilines is 1. The van der Waals surface area contributed by atoms with E-state index in [1.165, 1.54) is 5.56 Å². The van der Waals surface area contributed by atoms with Gasteiger partial charge >= 0.3 is 0 Å². The van der Waals surface area contributed by atoms with Crippen LogP contribution in [-0.4, -0.2) is 5.91 Å². The van der Waals surface area contributed by atoms with E-state index in [0.29, 0.717) is 11.1 Å². The molecule has 0 spiro atoms. The third-order valence-electron chi connectivity index (χ3n) is 4.65. The van der Waals surface area contributed by atoms with E-state index in [0.717, 1.165) is 22.3 Å². The first kappa shape index (κ1) is 17.7. The van der Waals surface area contributed by atoms with Gasteiger partial charge in [0, 0.05) is 11.1 Å². The predicted octanol–water partition coefficient (Wildman–Crippen LogP) is 5.53. The molecule has 0 aliphatic rings. The van der Waals surface area contributed by atoms with E-state index in [1.54, 1.807) is 0 Å². The highest BCUT2D eigenvalue weighted by molar-refractivity contribution is 6.05. The Morgan fingerprint density at radius 3 is 2.39 bits per heavy atom. The van der Waals surface area contributed by atoms with Gasteiger partial charge in [-0.05, 0) is 61.4 Å². The van der Waals surface area contributed by atoms with Gasteiger partial charge < -0.3 is 9.73 Å². The summed E-state index contributed by atoms with van der Waals surface area (Å²) < 4.78 is 6.00.